The summed E-state index contributed by atoms with van der Waals surface area (Å²) in [7, 11) is 0. The first kappa shape index (κ1) is 18.0. The van der Waals surface area contributed by atoms with E-state index >= 15 is 0 Å². The van der Waals surface area contributed by atoms with Crippen LogP contribution in [0.15, 0.2) is 71.3 Å². The number of amides is 1. The van der Waals surface area contributed by atoms with Gasteiger partial charge in [-0.25, -0.2) is 0 Å². The van der Waals surface area contributed by atoms with Crippen LogP contribution < -0.4 is 11.1 Å². The number of ketones is 1. The van der Waals surface area contributed by atoms with Crippen LogP contribution >= 0.6 is 0 Å². The summed E-state index contributed by atoms with van der Waals surface area (Å²) >= 11 is 0. The molecule has 3 atom stereocenters. The van der Waals surface area contributed by atoms with Gasteiger partial charge in [0, 0.05) is 6.21 Å². The molecule has 3 rings (SSSR count). The van der Waals surface area contributed by atoms with Crippen molar-refractivity contribution in [2.45, 2.75) is 30.7 Å². The number of nitrogens with one attached hydrogen (secondary N) is 1. The number of nitrogens with zero attached hydrogens (tertiary/aromatic N) is 1. The summed E-state index contributed by atoms with van der Waals surface area (Å²) in [5.74, 6) is -1.14. The Bertz CT molecular complexity index is 797. The van der Waals surface area contributed by atoms with Gasteiger partial charge in [-0.05, 0) is 36.1 Å². The van der Waals surface area contributed by atoms with Gasteiger partial charge in [0.05, 0.1) is 6.04 Å². The summed E-state index contributed by atoms with van der Waals surface area (Å²) in [5, 5.41) is 12.8. The number of nitrogens with two attached hydrogens (primary N) is 1. The molecule has 134 valence electrons. The zero-order valence-electron chi connectivity index (χ0n) is 14.2. The van der Waals surface area contributed by atoms with E-state index in [-0.39, 0.29) is 0 Å². The molecule has 0 bridgehead atoms. The van der Waals surface area contributed by atoms with E-state index in [1.807, 2.05) is 18.2 Å². The minimum absolute atomic E-state index is 0.433. The average molecular weight is 351 g/mol. The lowest BCUT2D eigenvalue weighted by molar-refractivity contribution is -0.135. The number of carbonyl (C=O) groups is 2. The number of allylic oxidation sites excluding steroid dienone is 4. The van der Waals surface area contributed by atoms with Gasteiger partial charge in [0.2, 0.25) is 11.4 Å². The van der Waals surface area contributed by atoms with Crippen molar-refractivity contribution in [3.05, 3.63) is 71.8 Å². The SMILES string of the molecule is NC(C(=O)C1(NC(=O)C(O)c2ccccc2)C=CC=N1)C1=CCC=CC1. The number of carbonyl (C=O) groups excluding carboxylic acids is 2. The molecule has 1 aromatic rings. The van der Waals surface area contributed by atoms with E-state index in [4.69, 9.17) is 5.73 Å². The van der Waals surface area contributed by atoms with Crippen LogP contribution in [-0.4, -0.2) is 34.7 Å². The number of Topliss-reactive ketones (excluding diaryl/α,β-unsaturated/α-hetero) is 1. The van der Waals surface area contributed by atoms with Gasteiger partial charge >= 0.3 is 0 Å². The van der Waals surface area contributed by atoms with Crippen molar-refractivity contribution in [3.63, 3.8) is 0 Å². The Labute approximate surface area is 151 Å². The number of aliphatic hydroxyl groups excluding tert-OH is 1. The zero-order chi connectivity index (χ0) is 18.6. The summed E-state index contributed by atoms with van der Waals surface area (Å²) in [6, 6.07) is 7.62. The maximum atomic E-state index is 13.0. The molecule has 0 saturated heterocycles. The largest absolute Gasteiger partial charge is 0.378 e. The Balaban J connectivity index is 1.79. The minimum Gasteiger partial charge on any atom is -0.378 e. The number of aliphatic imine (C=N–C) groups is 1. The summed E-state index contributed by atoms with van der Waals surface area (Å²) in [4.78, 5) is 29.7. The van der Waals surface area contributed by atoms with E-state index in [1.54, 1.807) is 36.4 Å². The lowest BCUT2D eigenvalue weighted by Crippen LogP contribution is -2.57. The highest BCUT2D eigenvalue weighted by Gasteiger charge is 2.43. The minimum atomic E-state index is -1.59. The first-order chi connectivity index (χ1) is 12.5. The third kappa shape index (κ3) is 3.56. The van der Waals surface area contributed by atoms with Crippen molar-refractivity contribution >= 4 is 17.9 Å². The van der Waals surface area contributed by atoms with Crippen LogP contribution in [0.1, 0.15) is 24.5 Å². The molecule has 3 unspecified atom stereocenters. The molecule has 0 saturated carbocycles. The fourth-order valence-corrected chi connectivity index (χ4v) is 2.99. The molecule has 0 fully saturated rings. The molecule has 1 aliphatic carbocycles. The number of hydrogen-bond acceptors (Lipinski definition) is 5. The van der Waals surface area contributed by atoms with E-state index in [1.165, 1.54) is 12.3 Å². The number of rotatable bonds is 6. The summed E-state index contributed by atoms with van der Waals surface area (Å²) < 4.78 is 0. The van der Waals surface area contributed by atoms with Crippen LogP contribution in [0.4, 0.5) is 0 Å². The fraction of sp³-hybridized carbons (Fsp3) is 0.250. The molecule has 1 heterocycles. The van der Waals surface area contributed by atoms with Crippen LogP contribution in [0.25, 0.3) is 0 Å². The maximum Gasteiger partial charge on any atom is 0.255 e. The maximum absolute atomic E-state index is 13.0. The van der Waals surface area contributed by atoms with E-state index in [0.717, 1.165) is 12.0 Å². The van der Waals surface area contributed by atoms with Gasteiger partial charge in [0.25, 0.3) is 5.91 Å². The molecule has 26 heavy (non-hydrogen) atoms. The molecule has 2 aliphatic rings. The molecule has 0 spiro atoms. The predicted molar refractivity (Wildman–Crippen MR) is 99.3 cm³/mol. The molecular formula is C20H21N3O3. The first-order valence-electron chi connectivity index (χ1n) is 8.45. The molecule has 0 aromatic heterocycles. The van der Waals surface area contributed by atoms with E-state index in [9.17, 15) is 14.7 Å². The monoisotopic (exact) mass is 351 g/mol. The van der Waals surface area contributed by atoms with Gasteiger partial charge in [-0.15, -0.1) is 0 Å². The van der Waals surface area contributed by atoms with Crippen molar-refractivity contribution in [1.29, 1.82) is 0 Å². The topological polar surface area (TPSA) is 105 Å². The lowest BCUT2D eigenvalue weighted by atomic mass is 9.90. The van der Waals surface area contributed by atoms with Crippen molar-refractivity contribution in [3.8, 4) is 0 Å². The normalized spacial score (nSPS) is 23.4. The molecule has 0 radical (unpaired) electrons. The Hall–Kier alpha value is -2.83. The molecule has 4 N–H and O–H groups in total. The van der Waals surface area contributed by atoms with Crippen LogP contribution in [0.3, 0.4) is 0 Å². The standard InChI is InChI=1S/C20H21N3O3/c21-16(14-8-3-1-4-9-14)18(25)20(12-7-13-22-20)23-19(26)17(24)15-10-5-2-6-11-15/h1-3,5-7,9-13,16-17,24H,4,8,21H2,(H,23,26). The van der Waals surface area contributed by atoms with Crippen molar-refractivity contribution < 1.29 is 14.7 Å². The Morgan fingerprint density at radius 3 is 2.62 bits per heavy atom. The average Bonchev–Trinajstić information content (AvgIpc) is 3.17. The van der Waals surface area contributed by atoms with Gasteiger partial charge in [-0.1, -0.05) is 48.6 Å². The second-order valence-electron chi connectivity index (χ2n) is 6.24. The molecular weight excluding hydrogens is 330 g/mol. The van der Waals surface area contributed by atoms with E-state index in [0.29, 0.717) is 12.0 Å². The Morgan fingerprint density at radius 2 is 2.00 bits per heavy atom. The van der Waals surface area contributed by atoms with Crippen molar-refractivity contribution in [2.24, 2.45) is 10.7 Å². The number of hydrogen-bond donors (Lipinski definition) is 3. The third-order valence-electron chi connectivity index (χ3n) is 4.47. The summed E-state index contributed by atoms with van der Waals surface area (Å²) in [6.07, 6.45) is 10.3. The van der Waals surface area contributed by atoms with Gasteiger partial charge in [-0.3, -0.25) is 14.6 Å². The van der Waals surface area contributed by atoms with Gasteiger partial charge < -0.3 is 16.2 Å². The van der Waals surface area contributed by atoms with E-state index in [2.05, 4.69) is 10.3 Å². The van der Waals surface area contributed by atoms with Gasteiger partial charge in [-0.2, -0.15) is 0 Å². The smallest absolute Gasteiger partial charge is 0.255 e. The van der Waals surface area contributed by atoms with Crippen molar-refractivity contribution in [1.82, 2.24) is 5.32 Å². The van der Waals surface area contributed by atoms with E-state index < -0.39 is 29.5 Å². The van der Waals surface area contributed by atoms with Crippen LogP contribution in [-0.2, 0) is 9.59 Å². The van der Waals surface area contributed by atoms with Crippen LogP contribution in [0, 0.1) is 0 Å². The highest BCUT2D eigenvalue weighted by molar-refractivity contribution is 6.03. The second-order valence-corrected chi connectivity index (χ2v) is 6.24. The van der Waals surface area contributed by atoms with Crippen LogP contribution in [0.5, 0.6) is 0 Å². The third-order valence-corrected chi connectivity index (χ3v) is 4.47. The Morgan fingerprint density at radius 1 is 1.23 bits per heavy atom. The number of aliphatic hydroxyl groups is 1. The fourth-order valence-electron chi connectivity index (χ4n) is 2.99. The predicted octanol–water partition coefficient (Wildman–Crippen LogP) is 1.35. The highest BCUT2D eigenvalue weighted by atomic mass is 16.3. The molecule has 6 nitrogen and oxygen atoms in total. The molecule has 1 aliphatic heterocycles. The van der Waals surface area contributed by atoms with Crippen LogP contribution in [0.2, 0.25) is 0 Å². The van der Waals surface area contributed by atoms with Gasteiger partial charge in [0.1, 0.15) is 0 Å². The second kappa shape index (κ2) is 7.59. The van der Waals surface area contributed by atoms with Crippen molar-refractivity contribution in [2.75, 3.05) is 0 Å². The number of benzene rings is 1. The quantitative estimate of drug-likeness (QED) is 0.673. The molecule has 1 amide bonds. The molecule has 1 aromatic carbocycles. The Kier molecular flexibility index (Phi) is 5.25. The lowest BCUT2D eigenvalue weighted by Gasteiger charge is -2.29. The molecule has 6 heteroatoms. The van der Waals surface area contributed by atoms with Gasteiger partial charge in [0.15, 0.2) is 6.10 Å². The zero-order valence-corrected chi connectivity index (χ0v) is 14.2. The highest BCUT2D eigenvalue weighted by Crippen LogP contribution is 2.24. The summed E-state index contributed by atoms with van der Waals surface area (Å²) in [5.41, 5.74) is 5.79. The summed E-state index contributed by atoms with van der Waals surface area (Å²) in [6.45, 7) is 0. The first-order valence-corrected chi connectivity index (χ1v) is 8.45.